The number of amides is 1. The Balaban J connectivity index is 1.80. The molecular formula is C11H14N2O4. The number of hydrogen-bond donors (Lipinski definition) is 2. The van der Waals surface area contributed by atoms with Gasteiger partial charge in [0.25, 0.3) is 0 Å². The third-order valence-electron chi connectivity index (χ3n) is 2.32. The Morgan fingerprint density at radius 3 is 3.18 bits per heavy atom. The fourth-order valence-corrected chi connectivity index (χ4v) is 1.58. The number of fused-ring (bicyclic) bond motifs is 1. The van der Waals surface area contributed by atoms with Crippen molar-refractivity contribution in [1.82, 2.24) is 5.32 Å². The highest BCUT2D eigenvalue weighted by Crippen LogP contribution is 2.34. The second-order valence-electron chi connectivity index (χ2n) is 3.50. The van der Waals surface area contributed by atoms with Crippen LogP contribution < -0.4 is 20.5 Å². The van der Waals surface area contributed by atoms with Crippen LogP contribution in [0.25, 0.3) is 0 Å². The summed E-state index contributed by atoms with van der Waals surface area (Å²) in [6, 6.07) is 5.72. The summed E-state index contributed by atoms with van der Waals surface area (Å²) in [6.45, 7) is 1.67. The van der Waals surface area contributed by atoms with Crippen molar-refractivity contribution < 1.29 is 19.0 Å². The first-order valence-electron chi connectivity index (χ1n) is 5.28. The van der Waals surface area contributed by atoms with E-state index in [1.165, 1.54) is 0 Å². The molecule has 0 saturated carbocycles. The quantitative estimate of drug-likeness (QED) is 0.734. The van der Waals surface area contributed by atoms with Gasteiger partial charge >= 0.3 is 6.09 Å². The number of nitrogens with one attached hydrogen (secondary N) is 1. The number of hydrogen-bond acceptors (Lipinski definition) is 5. The van der Waals surface area contributed by atoms with Gasteiger partial charge in [0.1, 0.15) is 6.61 Å². The predicted octanol–water partition coefficient (Wildman–Crippen LogP) is 0.600. The first-order chi connectivity index (χ1) is 8.27. The monoisotopic (exact) mass is 238 g/mol. The smallest absolute Gasteiger partial charge is 0.404 e. The van der Waals surface area contributed by atoms with Gasteiger partial charge in [0, 0.05) is 18.7 Å². The van der Waals surface area contributed by atoms with Crippen molar-refractivity contribution in [2.75, 3.05) is 19.9 Å². The second kappa shape index (κ2) is 5.40. The summed E-state index contributed by atoms with van der Waals surface area (Å²) in [5, 5.41) is 3.12. The summed E-state index contributed by atoms with van der Waals surface area (Å²) in [7, 11) is 0. The highest BCUT2D eigenvalue weighted by Gasteiger charge is 2.16. The molecule has 0 atom stereocenters. The predicted molar refractivity (Wildman–Crippen MR) is 59.8 cm³/mol. The molecule has 0 unspecified atom stereocenters. The van der Waals surface area contributed by atoms with Crippen LogP contribution in [0.4, 0.5) is 4.79 Å². The van der Waals surface area contributed by atoms with E-state index in [4.69, 9.17) is 15.2 Å². The van der Waals surface area contributed by atoms with Gasteiger partial charge in [-0.15, -0.1) is 0 Å². The van der Waals surface area contributed by atoms with Crippen LogP contribution in [0.15, 0.2) is 18.2 Å². The van der Waals surface area contributed by atoms with Crippen LogP contribution in [0.3, 0.4) is 0 Å². The molecule has 0 fully saturated rings. The molecule has 3 N–H and O–H groups in total. The molecule has 17 heavy (non-hydrogen) atoms. The molecular weight excluding hydrogens is 224 g/mol. The van der Waals surface area contributed by atoms with Crippen LogP contribution in [0, 0.1) is 0 Å². The zero-order chi connectivity index (χ0) is 12.1. The summed E-state index contributed by atoms with van der Waals surface area (Å²) >= 11 is 0. The molecule has 1 heterocycles. The van der Waals surface area contributed by atoms with Crippen molar-refractivity contribution in [2.24, 2.45) is 5.73 Å². The van der Waals surface area contributed by atoms with Crippen LogP contribution in [-0.4, -0.2) is 26.0 Å². The van der Waals surface area contributed by atoms with E-state index in [1.54, 1.807) is 0 Å². The van der Waals surface area contributed by atoms with Crippen LogP contribution >= 0.6 is 0 Å². The number of benzene rings is 1. The Kier molecular flexibility index (Phi) is 3.66. The Hall–Kier alpha value is -1.95. The molecule has 0 aliphatic carbocycles. The lowest BCUT2D eigenvalue weighted by Crippen LogP contribution is -2.23. The zero-order valence-corrected chi connectivity index (χ0v) is 9.27. The molecule has 0 aromatic heterocycles. The Bertz CT molecular complexity index is 408. The number of carbonyl (C=O) groups is 1. The normalized spacial score (nSPS) is 12.5. The highest BCUT2D eigenvalue weighted by atomic mass is 16.7. The highest BCUT2D eigenvalue weighted by molar-refractivity contribution is 5.64. The molecule has 1 aromatic carbocycles. The van der Waals surface area contributed by atoms with Crippen molar-refractivity contribution in [3.05, 3.63) is 23.8 Å². The molecule has 2 rings (SSSR count). The van der Waals surface area contributed by atoms with Gasteiger partial charge in [0.2, 0.25) is 6.79 Å². The van der Waals surface area contributed by atoms with E-state index in [0.717, 1.165) is 17.1 Å². The average Bonchev–Trinajstić information content (AvgIpc) is 2.77. The topological polar surface area (TPSA) is 82.8 Å². The summed E-state index contributed by atoms with van der Waals surface area (Å²) in [5.41, 5.74) is 5.85. The van der Waals surface area contributed by atoms with Crippen LogP contribution in [0.5, 0.6) is 11.5 Å². The second-order valence-corrected chi connectivity index (χ2v) is 3.50. The van der Waals surface area contributed by atoms with E-state index in [-0.39, 0.29) is 13.4 Å². The molecule has 0 radical (unpaired) electrons. The molecule has 0 saturated heterocycles. The third-order valence-corrected chi connectivity index (χ3v) is 2.32. The molecule has 0 spiro atoms. The number of ether oxygens (including phenoxy) is 3. The van der Waals surface area contributed by atoms with Crippen molar-refractivity contribution in [3.63, 3.8) is 0 Å². The lowest BCUT2D eigenvalue weighted by Gasteiger charge is -2.07. The third kappa shape index (κ3) is 3.01. The average molecular weight is 238 g/mol. The van der Waals surface area contributed by atoms with E-state index in [2.05, 4.69) is 10.1 Å². The van der Waals surface area contributed by atoms with Crippen LogP contribution in [0.2, 0.25) is 0 Å². The first-order valence-corrected chi connectivity index (χ1v) is 5.28. The molecule has 92 valence electrons. The van der Waals surface area contributed by atoms with Gasteiger partial charge in [-0.3, -0.25) is 0 Å². The van der Waals surface area contributed by atoms with Gasteiger partial charge in [-0.05, 0) is 6.07 Å². The summed E-state index contributed by atoms with van der Waals surface area (Å²) < 4.78 is 15.2. The fraction of sp³-hybridized carbons (Fsp3) is 0.364. The van der Waals surface area contributed by atoms with Gasteiger partial charge in [-0.1, -0.05) is 12.1 Å². The molecule has 1 aliphatic rings. The van der Waals surface area contributed by atoms with E-state index >= 15 is 0 Å². The van der Waals surface area contributed by atoms with Gasteiger partial charge in [0.15, 0.2) is 11.5 Å². The summed E-state index contributed by atoms with van der Waals surface area (Å²) in [5.74, 6) is 1.54. The van der Waals surface area contributed by atoms with E-state index in [9.17, 15) is 4.79 Å². The van der Waals surface area contributed by atoms with Crippen LogP contribution in [-0.2, 0) is 11.3 Å². The Labute approximate surface area is 98.6 Å². The molecule has 1 amide bonds. The first kappa shape index (κ1) is 11.5. The van der Waals surface area contributed by atoms with Crippen LogP contribution in [0.1, 0.15) is 5.56 Å². The lowest BCUT2D eigenvalue weighted by atomic mass is 10.2. The largest absolute Gasteiger partial charge is 0.454 e. The van der Waals surface area contributed by atoms with Gasteiger partial charge in [-0.2, -0.15) is 0 Å². The SMILES string of the molecule is NC(=O)OCCNCc1cccc2c1OCO2. The minimum absolute atomic E-state index is 0.252. The van der Waals surface area contributed by atoms with Crippen molar-refractivity contribution in [3.8, 4) is 11.5 Å². The van der Waals surface area contributed by atoms with Crippen molar-refractivity contribution in [1.29, 1.82) is 0 Å². The maximum absolute atomic E-state index is 10.3. The standard InChI is InChI=1S/C11H14N2O4/c12-11(14)15-5-4-13-6-8-2-1-3-9-10(8)17-7-16-9/h1-3,13H,4-7H2,(H2,12,14). The van der Waals surface area contributed by atoms with Gasteiger partial charge in [-0.25, -0.2) is 4.79 Å². The zero-order valence-electron chi connectivity index (χ0n) is 9.27. The van der Waals surface area contributed by atoms with Crippen molar-refractivity contribution >= 4 is 6.09 Å². The molecule has 1 aliphatic heterocycles. The van der Waals surface area contributed by atoms with E-state index in [0.29, 0.717) is 13.1 Å². The van der Waals surface area contributed by atoms with Gasteiger partial charge < -0.3 is 25.3 Å². The van der Waals surface area contributed by atoms with E-state index < -0.39 is 6.09 Å². The lowest BCUT2D eigenvalue weighted by molar-refractivity contribution is 0.157. The summed E-state index contributed by atoms with van der Waals surface area (Å²) in [4.78, 5) is 10.3. The minimum Gasteiger partial charge on any atom is -0.454 e. The Morgan fingerprint density at radius 1 is 1.47 bits per heavy atom. The Morgan fingerprint density at radius 2 is 2.35 bits per heavy atom. The number of para-hydroxylation sites is 1. The number of nitrogens with two attached hydrogens (primary N) is 1. The molecule has 1 aromatic rings. The number of carbonyl (C=O) groups excluding carboxylic acids is 1. The summed E-state index contributed by atoms with van der Waals surface area (Å²) in [6.07, 6.45) is -0.760. The maximum Gasteiger partial charge on any atom is 0.404 e. The maximum atomic E-state index is 10.3. The molecule has 0 bridgehead atoms. The number of rotatable bonds is 5. The van der Waals surface area contributed by atoms with Crippen molar-refractivity contribution in [2.45, 2.75) is 6.54 Å². The van der Waals surface area contributed by atoms with E-state index in [1.807, 2.05) is 18.2 Å². The fourth-order valence-electron chi connectivity index (χ4n) is 1.58. The van der Waals surface area contributed by atoms with Gasteiger partial charge in [0.05, 0.1) is 0 Å². The molecule has 6 heteroatoms. The minimum atomic E-state index is -0.760. The molecule has 6 nitrogen and oxygen atoms in total. The number of primary amides is 1.